The van der Waals surface area contributed by atoms with Gasteiger partial charge in [-0.15, -0.1) is 0 Å². The minimum atomic E-state index is -0.360. The molecule has 3 rings (SSSR count). The van der Waals surface area contributed by atoms with E-state index in [4.69, 9.17) is 0 Å². The molecule has 2 amide bonds. The molecule has 1 aliphatic rings. The minimum Gasteiger partial charge on any atom is -0.377 e. The van der Waals surface area contributed by atoms with Gasteiger partial charge in [0.15, 0.2) is 0 Å². The predicted molar refractivity (Wildman–Crippen MR) is 72.3 cm³/mol. The zero-order valence-corrected chi connectivity index (χ0v) is 10.8. The fraction of sp³-hybridized carbons (Fsp3) is 0.143. The van der Waals surface area contributed by atoms with E-state index in [9.17, 15) is 9.59 Å². The van der Waals surface area contributed by atoms with Gasteiger partial charge >= 0.3 is 0 Å². The molecule has 2 N–H and O–H groups in total. The Morgan fingerprint density at radius 2 is 1.95 bits per heavy atom. The fourth-order valence-electron chi connectivity index (χ4n) is 2.12. The summed E-state index contributed by atoms with van der Waals surface area (Å²) in [4.78, 5) is 31.3. The second kappa shape index (κ2) is 4.73. The second-order valence-corrected chi connectivity index (χ2v) is 4.54. The first-order valence-electron chi connectivity index (χ1n) is 6.17. The summed E-state index contributed by atoms with van der Waals surface area (Å²) in [5.41, 5.74) is 2.36. The normalized spacial score (nSPS) is 14.7. The molecule has 6 nitrogen and oxygen atoms in total. The van der Waals surface area contributed by atoms with Gasteiger partial charge in [-0.2, -0.15) is 0 Å². The van der Waals surface area contributed by atoms with E-state index in [2.05, 4.69) is 20.6 Å². The molecule has 0 saturated carbocycles. The molecular formula is C14H12N4O2. The minimum absolute atomic E-state index is 0.0538. The molecule has 0 spiro atoms. The first-order valence-corrected chi connectivity index (χ1v) is 6.17. The number of rotatable bonds is 3. The molecule has 20 heavy (non-hydrogen) atoms. The van der Waals surface area contributed by atoms with Gasteiger partial charge in [-0.05, 0) is 25.1 Å². The highest BCUT2D eigenvalue weighted by Crippen LogP contribution is 2.23. The SMILES string of the molecule is CC(Nc1ccc2c(c1)C(=O)NC2=O)c1cnccn1. The van der Waals surface area contributed by atoms with Crippen LogP contribution >= 0.6 is 0 Å². The van der Waals surface area contributed by atoms with Crippen LogP contribution in [0.2, 0.25) is 0 Å². The largest absolute Gasteiger partial charge is 0.377 e. The maximum Gasteiger partial charge on any atom is 0.259 e. The third kappa shape index (κ3) is 2.11. The number of benzene rings is 1. The van der Waals surface area contributed by atoms with Crippen LogP contribution in [-0.2, 0) is 0 Å². The first-order chi connectivity index (χ1) is 9.65. The zero-order valence-electron chi connectivity index (χ0n) is 10.8. The topological polar surface area (TPSA) is 84.0 Å². The summed E-state index contributed by atoms with van der Waals surface area (Å²) in [7, 11) is 0. The van der Waals surface area contributed by atoms with Crippen molar-refractivity contribution in [3.63, 3.8) is 0 Å². The maximum absolute atomic E-state index is 11.6. The van der Waals surface area contributed by atoms with Gasteiger partial charge in [-0.25, -0.2) is 0 Å². The van der Waals surface area contributed by atoms with Crippen LogP contribution in [0.3, 0.4) is 0 Å². The van der Waals surface area contributed by atoms with E-state index in [0.717, 1.165) is 11.4 Å². The van der Waals surface area contributed by atoms with Gasteiger partial charge in [0, 0.05) is 18.1 Å². The number of carbonyl (C=O) groups excluding carboxylic acids is 2. The lowest BCUT2D eigenvalue weighted by atomic mass is 10.1. The average molecular weight is 268 g/mol. The van der Waals surface area contributed by atoms with Gasteiger partial charge < -0.3 is 5.32 Å². The van der Waals surface area contributed by atoms with Gasteiger partial charge in [0.2, 0.25) is 0 Å². The van der Waals surface area contributed by atoms with E-state index in [1.54, 1.807) is 36.8 Å². The summed E-state index contributed by atoms with van der Waals surface area (Å²) < 4.78 is 0. The van der Waals surface area contributed by atoms with Gasteiger partial charge in [0.25, 0.3) is 11.8 Å². The van der Waals surface area contributed by atoms with Crippen molar-refractivity contribution in [2.75, 3.05) is 5.32 Å². The Hall–Kier alpha value is -2.76. The number of nitrogens with zero attached hydrogens (tertiary/aromatic N) is 2. The van der Waals surface area contributed by atoms with Crippen LogP contribution in [0.1, 0.15) is 39.4 Å². The van der Waals surface area contributed by atoms with Crippen LogP contribution in [0.15, 0.2) is 36.8 Å². The molecule has 0 radical (unpaired) electrons. The Kier molecular flexibility index (Phi) is 2.90. The number of anilines is 1. The van der Waals surface area contributed by atoms with Crippen LogP contribution in [0, 0.1) is 0 Å². The van der Waals surface area contributed by atoms with Crippen molar-refractivity contribution in [3.05, 3.63) is 53.6 Å². The molecule has 1 atom stereocenters. The molecule has 1 aromatic heterocycles. The van der Waals surface area contributed by atoms with Crippen molar-refractivity contribution < 1.29 is 9.59 Å². The standard InChI is InChI=1S/C14H12N4O2/c1-8(12-7-15-4-5-16-12)17-9-2-3-10-11(6-9)14(20)18-13(10)19/h2-8,17H,1H3,(H,18,19,20). The molecule has 2 heterocycles. The van der Waals surface area contributed by atoms with E-state index in [0.29, 0.717) is 11.1 Å². The monoisotopic (exact) mass is 268 g/mol. The number of nitrogens with one attached hydrogen (secondary N) is 2. The number of aromatic nitrogens is 2. The van der Waals surface area contributed by atoms with Crippen molar-refractivity contribution in [1.29, 1.82) is 0 Å². The average Bonchev–Trinajstić information content (AvgIpc) is 2.75. The molecule has 2 aromatic rings. The highest BCUT2D eigenvalue weighted by atomic mass is 16.2. The van der Waals surface area contributed by atoms with Crippen LogP contribution in [-0.4, -0.2) is 21.8 Å². The Morgan fingerprint density at radius 1 is 1.15 bits per heavy atom. The van der Waals surface area contributed by atoms with Crippen molar-refractivity contribution in [2.45, 2.75) is 13.0 Å². The highest BCUT2D eigenvalue weighted by molar-refractivity contribution is 6.21. The molecular weight excluding hydrogens is 256 g/mol. The lowest BCUT2D eigenvalue weighted by Gasteiger charge is -2.14. The number of amides is 2. The number of hydrogen-bond donors (Lipinski definition) is 2. The number of imide groups is 1. The molecule has 0 fully saturated rings. The zero-order chi connectivity index (χ0) is 14.1. The summed E-state index contributed by atoms with van der Waals surface area (Å²) in [6.45, 7) is 1.95. The van der Waals surface area contributed by atoms with Crippen molar-refractivity contribution >= 4 is 17.5 Å². The molecule has 100 valence electrons. The highest BCUT2D eigenvalue weighted by Gasteiger charge is 2.26. The number of fused-ring (bicyclic) bond motifs is 1. The Bertz CT molecular complexity index is 685. The summed E-state index contributed by atoms with van der Waals surface area (Å²) in [6, 6.07) is 5.02. The van der Waals surface area contributed by atoms with E-state index in [1.165, 1.54) is 0 Å². The van der Waals surface area contributed by atoms with E-state index >= 15 is 0 Å². The molecule has 1 unspecified atom stereocenters. The van der Waals surface area contributed by atoms with E-state index in [1.807, 2.05) is 6.92 Å². The number of hydrogen-bond acceptors (Lipinski definition) is 5. The van der Waals surface area contributed by atoms with Crippen LogP contribution in [0.4, 0.5) is 5.69 Å². The third-order valence-corrected chi connectivity index (χ3v) is 3.15. The maximum atomic E-state index is 11.6. The molecule has 0 aliphatic carbocycles. The Morgan fingerprint density at radius 3 is 2.70 bits per heavy atom. The quantitative estimate of drug-likeness (QED) is 0.825. The van der Waals surface area contributed by atoms with E-state index in [-0.39, 0.29) is 17.9 Å². The summed E-state index contributed by atoms with van der Waals surface area (Å²) in [6.07, 6.45) is 4.92. The van der Waals surface area contributed by atoms with Crippen LogP contribution < -0.4 is 10.6 Å². The lowest BCUT2D eigenvalue weighted by molar-refractivity contribution is 0.0879. The van der Waals surface area contributed by atoms with Crippen molar-refractivity contribution in [3.8, 4) is 0 Å². The van der Waals surface area contributed by atoms with Gasteiger partial charge in [0.1, 0.15) is 0 Å². The fourth-order valence-corrected chi connectivity index (χ4v) is 2.12. The predicted octanol–water partition coefficient (Wildman–Crippen LogP) is 1.53. The Balaban J connectivity index is 1.84. The molecule has 1 aromatic carbocycles. The third-order valence-electron chi connectivity index (χ3n) is 3.15. The Labute approximate surface area is 115 Å². The van der Waals surface area contributed by atoms with Gasteiger partial charge in [-0.1, -0.05) is 0 Å². The molecule has 6 heteroatoms. The van der Waals surface area contributed by atoms with Crippen LogP contribution in [0.5, 0.6) is 0 Å². The summed E-state index contributed by atoms with van der Waals surface area (Å²) in [5.74, 6) is -0.709. The number of carbonyl (C=O) groups is 2. The van der Waals surface area contributed by atoms with Crippen LogP contribution in [0.25, 0.3) is 0 Å². The summed E-state index contributed by atoms with van der Waals surface area (Å²) >= 11 is 0. The first kappa shape index (κ1) is 12.3. The molecule has 0 bridgehead atoms. The lowest BCUT2D eigenvalue weighted by Crippen LogP contribution is -2.19. The van der Waals surface area contributed by atoms with E-state index < -0.39 is 0 Å². The second-order valence-electron chi connectivity index (χ2n) is 4.54. The van der Waals surface area contributed by atoms with Gasteiger partial charge in [-0.3, -0.25) is 24.9 Å². The smallest absolute Gasteiger partial charge is 0.259 e. The van der Waals surface area contributed by atoms with Crippen molar-refractivity contribution in [2.24, 2.45) is 0 Å². The molecule has 1 aliphatic heterocycles. The van der Waals surface area contributed by atoms with Gasteiger partial charge in [0.05, 0.1) is 29.1 Å². The molecule has 0 saturated heterocycles. The van der Waals surface area contributed by atoms with Crippen molar-refractivity contribution in [1.82, 2.24) is 15.3 Å². The summed E-state index contributed by atoms with van der Waals surface area (Å²) in [5, 5.41) is 5.50.